The Bertz CT molecular complexity index is 1150. The Morgan fingerprint density at radius 3 is 2.19 bits per heavy atom. The predicted octanol–water partition coefficient (Wildman–Crippen LogP) is 5.11. The van der Waals surface area contributed by atoms with Crippen molar-refractivity contribution in [2.24, 2.45) is 0 Å². The van der Waals surface area contributed by atoms with Crippen molar-refractivity contribution in [1.29, 1.82) is 0 Å². The third kappa shape index (κ3) is 5.49. The van der Waals surface area contributed by atoms with Gasteiger partial charge in [0.25, 0.3) is 0 Å². The van der Waals surface area contributed by atoms with Gasteiger partial charge in [-0.15, -0.1) is 10.2 Å². The maximum atomic E-state index is 12.0. The molecule has 0 aliphatic carbocycles. The van der Waals surface area contributed by atoms with Crippen LogP contribution in [0.1, 0.15) is 12.5 Å². The summed E-state index contributed by atoms with van der Waals surface area (Å²) in [6, 6.07) is 8.85. The first kappa shape index (κ1) is 24.6. The average molecular weight is 679 g/mol. The van der Waals surface area contributed by atoms with E-state index < -0.39 is 5.97 Å². The van der Waals surface area contributed by atoms with Crippen LogP contribution in [0.25, 0.3) is 17.5 Å². The van der Waals surface area contributed by atoms with Crippen molar-refractivity contribution >= 4 is 69.0 Å². The van der Waals surface area contributed by atoms with Gasteiger partial charge in [-0.3, -0.25) is 0 Å². The van der Waals surface area contributed by atoms with E-state index >= 15 is 0 Å². The molecule has 0 amide bonds. The number of rotatable bonds is 8. The fraction of sp³-hybridized carbons (Fsp3) is 0.190. The quantitative estimate of drug-likeness (QED) is 0.192. The van der Waals surface area contributed by atoms with E-state index in [1.54, 1.807) is 38.5 Å². The highest BCUT2D eigenvalue weighted by atomic mass is 127. The van der Waals surface area contributed by atoms with Crippen LogP contribution in [0.4, 0.5) is 0 Å². The number of thioether (sulfide) groups is 1. The minimum atomic E-state index is -1.08. The molecule has 3 rings (SSSR count). The highest BCUT2D eigenvalue weighted by Crippen LogP contribution is 2.34. The fourth-order valence-electron chi connectivity index (χ4n) is 2.85. The van der Waals surface area contributed by atoms with Gasteiger partial charge >= 0.3 is 5.97 Å². The number of hydrogen-bond donors (Lipinski definition) is 2. The summed E-state index contributed by atoms with van der Waals surface area (Å²) in [5, 5.41) is 28.7. The first-order chi connectivity index (χ1) is 15.3. The van der Waals surface area contributed by atoms with Gasteiger partial charge in [-0.2, -0.15) is 0 Å². The monoisotopic (exact) mass is 679 g/mol. The van der Waals surface area contributed by atoms with Crippen LogP contribution < -0.4 is 9.47 Å². The van der Waals surface area contributed by atoms with Crippen molar-refractivity contribution < 1.29 is 24.5 Å². The molecule has 0 radical (unpaired) electrons. The van der Waals surface area contributed by atoms with Crippen LogP contribution in [0.5, 0.6) is 17.2 Å². The second-order valence-electron chi connectivity index (χ2n) is 6.40. The van der Waals surface area contributed by atoms with Crippen LogP contribution in [0, 0.1) is 7.14 Å². The van der Waals surface area contributed by atoms with Gasteiger partial charge in [0.2, 0.25) is 0 Å². The molecule has 0 atom stereocenters. The summed E-state index contributed by atoms with van der Waals surface area (Å²) >= 11 is 5.04. The minimum Gasteiger partial charge on any atom is -0.506 e. The Balaban J connectivity index is 2.02. The smallest absolute Gasteiger partial charge is 0.342 e. The third-order valence-electron chi connectivity index (χ3n) is 4.39. The molecule has 1 aromatic heterocycles. The molecule has 32 heavy (non-hydrogen) atoms. The SMILES string of the molecule is CCn1c(S/C(=C\c2cc(I)c(O)c(I)c2)C(=O)O)nnc1-c1cc(OC)cc(OC)c1. The maximum Gasteiger partial charge on any atom is 0.342 e. The molecular weight excluding hydrogens is 660 g/mol. The zero-order valence-electron chi connectivity index (χ0n) is 17.3. The Hall–Kier alpha value is -2.00. The highest BCUT2D eigenvalue weighted by molar-refractivity contribution is 14.1. The lowest BCUT2D eigenvalue weighted by Gasteiger charge is -2.10. The number of aliphatic carboxylic acids is 1. The van der Waals surface area contributed by atoms with Crippen LogP contribution in [-0.4, -0.2) is 45.2 Å². The Kier molecular flexibility index (Phi) is 8.27. The lowest BCUT2D eigenvalue weighted by molar-refractivity contribution is -0.131. The number of carboxylic acid groups (broad SMARTS) is 1. The molecule has 0 aliphatic heterocycles. The molecule has 11 heteroatoms. The number of halogens is 2. The van der Waals surface area contributed by atoms with Crippen molar-refractivity contribution in [2.75, 3.05) is 14.2 Å². The van der Waals surface area contributed by atoms with E-state index in [2.05, 4.69) is 10.2 Å². The number of nitrogens with zero attached hydrogens (tertiary/aromatic N) is 3. The van der Waals surface area contributed by atoms with Gasteiger partial charge in [-0.1, -0.05) is 0 Å². The summed E-state index contributed by atoms with van der Waals surface area (Å²) in [6.45, 7) is 2.47. The Morgan fingerprint density at radius 2 is 1.69 bits per heavy atom. The molecule has 0 spiro atoms. The number of phenols is 1. The Morgan fingerprint density at radius 1 is 1.09 bits per heavy atom. The van der Waals surface area contributed by atoms with Crippen LogP contribution in [0.15, 0.2) is 40.4 Å². The number of benzene rings is 2. The van der Waals surface area contributed by atoms with Crippen LogP contribution >= 0.6 is 56.9 Å². The number of aromatic nitrogens is 3. The first-order valence-corrected chi connectivity index (χ1v) is 12.2. The largest absolute Gasteiger partial charge is 0.506 e. The van der Waals surface area contributed by atoms with E-state index in [-0.39, 0.29) is 10.7 Å². The summed E-state index contributed by atoms with van der Waals surface area (Å²) in [7, 11) is 3.14. The van der Waals surface area contributed by atoms with E-state index in [9.17, 15) is 15.0 Å². The summed E-state index contributed by atoms with van der Waals surface area (Å²) < 4.78 is 13.8. The van der Waals surface area contributed by atoms with Gasteiger partial charge in [-0.25, -0.2) is 4.79 Å². The minimum absolute atomic E-state index is 0.0826. The number of carboxylic acids is 1. The second-order valence-corrected chi connectivity index (χ2v) is 9.73. The highest BCUT2D eigenvalue weighted by Gasteiger charge is 2.19. The zero-order chi connectivity index (χ0) is 23.4. The van der Waals surface area contributed by atoms with Crippen LogP contribution in [0.2, 0.25) is 0 Å². The normalized spacial score (nSPS) is 11.5. The van der Waals surface area contributed by atoms with Crippen molar-refractivity contribution in [3.05, 3.63) is 47.9 Å². The molecule has 2 N–H and O–H groups in total. The molecule has 168 valence electrons. The topological polar surface area (TPSA) is 107 Å². The second kappa shape index (κ2) is 10.7. The van der Waals surface area contributed by atoms with Crippen molar-refractivity contribution in [1.82, 2.24) is 14.8 Å². The molecule has 2 aromatic carbocycles. The van der Waals surface area contributed by atoms with Crippen molar-refractivity contribution in [2.45, 2.75) is 18.6 Å². The van der Waals surface area contributed by atoms with E-state index in [1.165, 1.54) is 0 Å². The molecule has 0 aliphatic rings. The fourth-order valence-corrected chi connectivity index (χ4v) is 5.56. The molecule has 0 unspecified atom stereocenters. The standard InChI is InChI=1S/C21H19I2N3O5S/c1-4-26-19(12-8-13(30-2)10-14(9-12)31-3)24-25-21(26)32-17(20(28)29)7-11-5-15(22)18(27)16(23)6-11/h5-10,27H,4H2,1-3H3,(H,28,29)/b17-7-. The summed E-state index contributed by atoms with van der Waals surface area (Å²) in [5.41, 5.74) is 1.41. The first-order valence-electron chi connectivity index (χ1n) is 9.24. The average Bonchev–Trinajstić information content (AvgIpc) is 3.18. The summed E-state index contributed by atoms with van der Waals surface area (Å²) in [5.74, 6) is 0.898. The molecular formula is C21H19I2N3O5S. The lowest BCUT2D eigenvalue weighted by atomic mass is 10.2. The summed E-state index contributed by atoms with van der Waals surface area (Å²) in [6.07, 6.45) is 1.56. The number of phenolic OH excluding ortho intramolecular Hbond substituents is 1. The lowest BCUT2D eigenvalue weighted by Crippen LogP contribution is -2.03. The van der Waals surface area contributed by atoms with Gasteiger partial charge in [0, 0.05) is 18.2 Å². The molecule has 0 saturated heterocycles. The zero-order valence-corrected chi connectivity index (χ0v) is 22.4. The van der Waals surface area contributed by atoms with E-state index in [0.29, 0.717) is 41.7 Å². The van der Waals surface area contributed by atoms with Gasteiger partial charge < -0.3 is 24.3 Å². The van der Waals surface area contributed by atoms with Crippen molar-refractivity contribution in [3.63, 3.8) is 0 Å². The van der Waals surface area contributed by atoms with E-state index in [1.807, 2.05) is 68.8 Å². The van der Waals surface area contributed by atoms with Gasteiger partial charge in [0.15, 0.2) is 11.0 Å². The van der Waals surface area contributed by atoms with Crippen LogP contribution in [0.3, 0.4) is 0 Å². The number of hydrogen-bond acceptors (Lipinski definition) is 7. The number of ether oxygens (including phenoxy) is 2. The molecule has 1 heterocycles. The number of methoxy groups -OCH3 is 2. The van der Waals surface area contributed by atoms with E-state index in [4.69, 9.17) is 9.47 Å². The maximum absolute atomic E-state index is 12.0. The molecule has 0 saturated carbocycles. The molecule has 8 nitrogen and oxygen atoms in total. The number of aromatic hydroxyl groups is 1. The molecule has 0 fully saturated rings. The van der Waals surface area contributed by atoms with Crippen molar-refractivity contribution in [3.8, 4) is 28.6 Å². The van der Waals surface area contributed by atoms with E-state index in [0.717, 1.165) is 17.3 Å². The number of carbonyl (C=O) groups is 1. The van der Waals surface area contributed by atoms with Crippen LogP contribution in [-0.2, 0) is 11.3 Å². The Labute approximate surface area is 216 Å². The molecule has 0 bridgehead atoms. The molecule has 3 aromatic rings. The van der Waals surface area contributed by atoms with Gasteiger partial charge in [0.05, 0.1) is 21.4 Å². The van der Waals surface area contributed by atoms with Gasteiger partial charge in [-0.05, 0) is 99.8 Å². The predicted molar refractivity (Wildman–Crippen MR) is 139 cm³/mol. The van der Waals surface area contributed by atoms with Gasteiger partial charge in [0.1, 0.15) is 22.2 Å². The third-order valence-corrected chi connectivity index (χ3v) is 7.03. The summed E-state index contributed by atoms with van der Waals surface area (Å²) in [4.78, 5) is 12.0.